The van der Waals surface area contributed by atoms with E-state index < -0.39 is 0 Å². The molecular weight excluding hydrogens is 362 g/mol. The lowest BCUT2D eigenvalue weighted by molar-refractivity contribution is -0.116. The van der Waals surface area contributed by atoms with E-state index in [9.17, 15) is 4.79 Å². The molecule has 6 heteroatoms. The summed E-state index contributed by atoms with van der Waals surface area (Å²) < 4.78 is 1.87. The monoisotopic (exact) mass is 385 g/mol. The second-order valence-corrected chi connectivity index (χ2v) is 7.19. The van der Waals surface area contributed by atoms with Crippen LogP contribution in [-0.2, 0) is 11.2 Å². The van der Waals surface area contributed by atoms with Gasteiger partial charge in [0.2, 0.25) is 5.91 Å². The van der Waals surface area contributed by atoms with Gasteiger partial charge in [-0.15, -0.1) is 0 Å². The van der Waals surface area contributed by atoms with Crippen molar-refractivity contribution in [3.8, 4) is 11.3 Å². The first-order valence-electron chi connectivity index (χ1n) is 9.65. The van der Waals surface area contributed by atoms with E-state index in [4.69, 9.17) is 10.1 Å². The lowest BCUT2D eigenvalue weighted by Gasteiger charge is -2.11. The van der Waals surface area contributed by atoms with E-state index in [1.165, 1.54) is 0 Å². The third-order valence-corrected chi connectivity index (χ3v) is 5.02. The quantitative estimate of drug-likeness (QED) is 0.556. The molecule has 0 saturated carbocycles. The van der Waals surface area contributed by atoms with Gasteiger partial charge in [0.1, 0.15) is 5.82 Å². The van der Waals surface area contributed by atoms with Crippen LogP contribution >= 0.6 is 0 Å². The van der Waals surface area contributed by atoms with Crippen LogP contribution in [0.3, 0.4) is 0 Å². The van der Waals surface area contributed by atoms with Crippen molar-refractivity contribution in [2.75, 3.05) is 5.32 Å². The zero-order valence-corrected chi connectivity index (χ0v) is 16.8. The van der Waals surface area contributed by atoms with Crippen LogP contribution in [0.1, 0.15) is 28.9 Å². The van der Waals surface area contributed by atoms with E-state index in [-0.39, 0.29) is 5.91 Å². The van der Waals surface area contributed by atoms with Gasteiger partial charge in [-0.2, -0.15) is 5.10 Å². The third kappa shape index (κ3) is 4.01. The van der Waals surface area contributed by atoms with Gasteiger partial charge >= 0.3 is 0 Å². The smallest absolute Gasteiger partial charge is 0.225 e. The van der Waals surface area contributed by atoms with Gasteiger partial charge in [-0.25, -0.2) is 14.5 Å². The molecule has 0 radical (unpaired) electrons. The molecule has 0 spiro atoms. The van der Waals surface area contributed by atoms with Crippen molar-refractivity contribution >= 4 is 17.4 Å². The van der Waals surface area contributed by atoms with Gasteiger partial charge in [-0.05, 0) is 50.5 Å². The number of carbonyl (C=O) groups excluding carboxylic acids is 1. The van der Waals surface area contributed by atoms with Crippen molar-refractivity contribution in [2.45, 2.75) is 33.6 Å². The van der Waals surface area contributed by atoms with Gasteiger partial charge < -0.3 is 5.32 Å². The normalized spacial score (nSPS) is 11.0. The summed E-state index contributed by atoms with van der Waals surface area (Å²) in [5.74, 6) is 0.518. The van der Waals surface area contributed by atoms with Gasteiger partial charge in [-0.3, -0.25) is 4.79 Å². The highest BCUT2D eigenvalue weighted by atomic mass is 16.1. The number of amides is 1. The first kappa shape index (κ1) is 18.8. The van der Waals surface area contributed by atoms with Crippen LogP contribution in [0.4, 0.5) is 5.82 Å². The molecule has 29 heavy (non-hydrogen) atoms. The number of nitrogens with one attached hydrogen (secondary N) is 1. The van der Waals surface area contributed by atoms with Crippen molar-refractivity contribution in [1.29, 1.82) is 0 Å². The number of fused-ring (bicyclic) bond motifs is 1. The molecule has 0 unspecified atom stereocenters. The van der Waals surface area contributed by atoms with E-state index in [2.05, 4.69) is 10.3 Å². The molecule has 146 valence electrons. The maximum atomic E-state index is 12.4. The Morgan fingerprint density at radius 1 is 1.07 bits per heavy atom. The lowest BCUT2D eigenvalue weighted by Crippen LogP contribution is -2.15. The zero-order chi connectivity index (χ0) is 20.4. The average molecular weight is 385 g/mol. The standard InChI is InChI=1S/C23H23N5O/c1-15-11-12-24-21(13-15)26-23(29)10-9-19-16(2)25-22-14-20(27-28(22)17(19)3)18-7-5-4-6-8-18/h4-8,11-14H,9-10H2,1-3H3,(H,24,26,29). The molecule has 3 aromatic heterocycles. The number of anilines is 1. The summed E-state index contributed by atoms with van der Waals surface area (Å²) in [5.41, 5.74) is 6.81. The fraction of sp³-hybridized carbons (Fsp3) is 0.217. The highest BCUT2D eigenvalue weighted by Crippen LogP contribution is 2.22. The molecule has 0 fully saturated rings. The number of hydrogen-bond donors (Lipinski definition) is 1. The summed E-state index contributed by atoms with van der Waals surface area (Å²) in [6, 6.07) is 15.8. The Bertz CT molecular complexity index is 1180. The minimum Gasteiger partial charge on any atom is -0.311 e. The van der Waals surface area contributed by atoms with Crippen molar-refractivity contribution in [1.82, 2.24) is 19.6 Å². The Hall–Kier alpha value is -3.54. The van der Waals surface area contributed by atoms with E-state index in [0.29, 0.717) is 18.7 Å². The summed E-state index contributed by atoms with van der Waals surface area (Å²) in [4.78, 5) is 21.3. The van der Waals surface area contributed by atoms with Crippen LogP contribution in [0.2, 0.25) is 0 Å². The summed E-state index contributed by atoms with van der Waals surface area (Å²) in [6.07, 6.45) is 2.65. The SMILES string of the molecule is Cc1ccnc(NC(=O)CCc2c(C)nc3cc(-c4ccccc4)nn3c2C)c1. The molecule has 1 amide bonds. The number of hydrogen-bond acceptors (Lipinski definition) is 4. The summed E-state index contributed by atoms with van der Waals surface area (Å²) in [5, 5.41) is 7.59. The van der Waals surface area contributed by atoms with E-state index >= 15 is 0 Å². The third-order valence-electron chi connectivity index (χ3n) is 5.02. The average Bonchev–Trinajstić information content (AvgIpc) is 3.13. The number of pyridine rings is 1. The number of benzene rings is 1. The number of carbonyl (C=O) groups is 1. The highest BCUT2D eigenvalue weighted by molar-refractivity contribution is 5.89. The second-order valence-electron chi connectivity index (χ2n) is 7.19. The summed E-state index contributed by atoms with van der Waals surface area (Å²) in [7, 11) is 0. The molecule has 0 aliphatic heterocycles. The predicted octanol–water partition coefficient (Wildman–Crippen LogP) is 4.29. The Balaban J connectivity index is 1.55. The van der Waals surface area contributed by atoms with Crippen LogP contribution in [-0.4, -0.2) is 25.5 Å². The van der Waals surface area contributed by atoms with Gasteiger partial charge in [0.05, 0.1) is 5.69 Å². The molecule has 3 heterocycles. The van der Waals surface area contributed by atoms with Gasteiger partial charge in [0.15, 0.2) is 5.65 Å². The fourth-order valence-corrected chi connectivity index (χ4v) is 3.49. The van der Waals surface area contributed by atoms with Crippen LogP contribution in [0, 0.1) is 20.8 Å². The minimum atomic E-state index is -0.0626. The molecule has 1 N–H and O–H groups in total. The number of aryl methyl sites for hydroxylation is 3. The van der Waals surface area contributed by atoms with Crippen LogP contribution < -0.4 is 5.32 Å². The minimum absolute atomic E-state index is 0.0626. The molecule has 0 saturated heterocycles. The Labute approximate surface area is 169 Å². The first-order chi connectivity index (χ1) is 14.0. The van der Waals surface area contributed by atoms with Crippen molar-refractivity contribution in [2.24, 2.45) is 0 Å². The van der Waals surface area contributed by atoms with Crippen LogP contribution in [0.5, 0.6) is 0 Å². The van der Waals surface area contributed by atoms with Crippen LogP contribution in [0.25, 0.3) is 16.9 Å². The Morgan fingerprint density at radius 2 is 1.86 bits per heavy atom. The molecule has 0 bridgehead atoms. The van der Waals surface area contributed by atoms with Crippen molar-refractivity contribution < 1.29 is 4.79 Å². The number of rotatable bonds is 5. The van der Waals surface area contributed by atoms with Gasteiger partial charge in [-0.1, -0.05) is 30.3 Å². The second kappa shape index (κ2) is 7.83. The summed E-state index contributed by atoms with van der Waals surface area (Å²) in [6.45, 7) is 5.98. The topological polar surface area (TPSA) is 72.2 Å². The van der Waals surface area contributed by atoms with Gasteiger partial charge in [0, 0.05) is 35.6 Å². The molecule has 0 atom stereocenters. The van der Waals surface area contributed by atoms with Crippen LogP contribution in [0.15, 0.2) is 54.7 Å². The fourth-order valence-electron chi connectivity index (χ4n) is 3.49. The number of nitrogens with zero attached hydrogens (tertiary/aromatic N) is 4. The molecule has 4 rings (SSSR count). The van der Waals surface area contributed by atoms with Crippen molar-refractivity contribution in [3.05, 3.63) is 77.2 Å². The maximum Gasteiger partial charge on any atom is 0.225 e. The molecular formula is C23H23N5O. The largest absolute Gasteiger partial charge is 0.311 e. The molecule has 4 aromatic rings. The molecule has 1 aromatic carbocycles. The first-order valence-corrected chi connectivity index (χ1v) is 9.65. The molecule has 0 aliphatic rings. The van der Waals surface area contributed by atoms with Crippen molar-refractivity contribution in [3.63, 3.8) is 0 Å². The Morgan fingerprint density at radius 3 is 2.62 bits per heavy atom. The number of aromatic nitrogens is 4. The Kier molecular flexibility index (Phi) is 5.08. The van der Waals surface area contributed by atoms with E-state index in [1.54, 1.807) is 6.20 Å². The van der Waals surface area contributed by atoms with E-state index in [1.807, 2.05) is 73.8 Å². The highest BCUT2D eigenvalue weighted by Gasteiger charge is 2.14. The van der Waals surface area contributed by atoms with E-state index in [0.717, 1.165) is 39.4 Å². The maximum absolute atomic E-state index is 12.4. The predicted molar refractivity (Wildman–Crippen MR) is 114 cm³/mol. The molecule has 6 nitrogen and oxygen atoms in total. The van der Waals surface area contributed by atoms with Gasteiger partial charge in [0.25, 0.3) is 0 Å². The lowest BCUT2D eigenvalue weighted by atomic mass is 10.1. The molecule has 0 aliphatic carbocycles. The zero-order valence-electron chi connectivity index (χ0n) is 16.8. The summed E-state index contributed by atoms with van der Waals surface area (Å²) >= 11 is 0.